The van der Waals surface area contributed by atoms with Crippen LogP contribution in [0.25, 0.3) is 0 Å². The van der Waals surface area contributed by atoms with Gasteiger partial charge in [-0.25, -0.2) is 15.6 Å². The predicted molar refractivity (Wildman–Crippen MR) is 57.1 cm³/mol. The zero-order valence-electron chi connectivity index (χ0n) is 8.65. The molecule has 0 saturated carbocycles. The van der Waals surface area contributed by atoms with Crippen molar-refractivity contribution in [2.24, 2.45) is 5.84 Å². The summed E-state index contributed by atoms with van der Waals surface area (Å²) in [6, 6.07) is 4.78. The smallest absolute Gasteiger partial charge is 0.328 e. The molecule has 4 N–H and O–H groups in total. The molecule has 0 amide bonds. The van der Waals surface area contributed by atoms with Gasteiger partial charge in [0, 0.05) is 0 Å². The van der Waals surface area contributed by atoms with Crippen LogP contribution in [0.4, 0.5) is 11.6 Å². The van der Waals surface area contributed by atoms with E-state index in [0.29, 0.717) is 11.6 Å². The number of methoxy groups -OCH3 is 1. The number of aromatic nitrogens is 1. The second-order valence-electron chi connectivity index (χ2n) is 2.94. The monoisotopic (exact) mass is 210 g/mol. The second kappa shape index (κ2) is 5.16. The van der Waals surface area contributed by atoms with E-state index in [2.05, 4.69) is 20.5 Å². The van der Waals surface area contributed by atoms with Gasteiger partial charge in [0.1, 0.15) is 17.7 Å². The van der Waals surface area contributed by atoms with Crippen LogP contribution >= 0.6 is 0 Å². The Hall–Kier alpha value is -1.82. The Morgan fingerprint density at radius 1 is 1.53 bits per heavy atom. The number of esters is 1. The summed E-state index contributed by atoms with van der Waals surface area (Å²) in [4.78, 5) is 15.2. The number of nitrogens with two attached hydrogens (primary N) is 1. The first-order valence-corrected chi connectivity index (χ1v) is 4.45. The van der Waals surface area contributed by atoms with Crippen molar-refractivity contribution in [2.75, 3.05) is 17.9 Å². The molecule has 1 aromatic rings. The number of nitrogens with zero attached hydrogens (tertiary/aromatic N) is 1. The van der Waals surface area contributed by atoms with Gasteiger partial charge >= 0.3 is 5.97 Å². The SMILES string of the molecule is COC(=O)C(C)Nc1cccc(NN)n1. The summed E-state index contributed by atoms with van der Waals surface area (Å²) >= 11 is 0. The normalized spacial score (nSPS) is 11.7. The third kappa shape index (κ3) is 3.10. The summed E-state index contributed by atoms with van der Waals surface area (Å²) < 4.78 is 4.57. The van der Waals surface area contributed by atoms with Crippen LogP contribution in [0.15, 0.2) is 18.2 Å². The molecule has 0 aliphatic heterocycles. The van der Waals surface area contributed by atoms with E-state index in [9.17, 15) is 4.79 Å². The number of hydrogen-bond acceptors (Lipinski definition) is 6. The molecule has 1 unspecified atom stereocenters. The van der Waals surface area contributed by atoms with Crippen LogP contribution in [0.5, 0.6) is 0 Å². The van der Waals surface area contributed by atoms with Crippen LogP contribution < -0.4 is 16.6 Å². The van der Waals surface area contributed by atoms with Crippen LogP contribution in [0.3, 0.4) is 0 Å². The number of pyridine rings is 1. The highest BCUT2D eigenvalue weighted by atomic mass is 16.5. The molecule has 0 bridgehead atoms. The fourth-order valence-corrected chi connectivity index (χ4v) is 1.05. The first kappa shape index (κ1) is 11.3. The maximum absolute atomic E-state index is 11.1. The van der Waals surface area contributed by atoms with Gasteiger partial charge in [0.25, 0.3) is 0 Å². The Balaban J connectivity index is 2.67. The summed E-state index contributed by atoms with van der Waals surface area (Å²) in [6.45, 7) is 1.69. The predicted octanol–water partition coefficient (Wildman–Crippen LogP) is 0.341. The quantitative estimate of drug-likeness (QED) is 0.377. The second-order valence-corrected chi connectivity index (χ2v) is 2.94. The van der Waals surface area contributed by atoms with E-state index >= 15 is 0 Å². The lowest BCUT2D eigenvalue weighted by atomic mass is 10.3. The van der Waals surface area contributed by atoms with Gasteiger partial charge in [0.15, 0.2) is 0 Å². The molecule has 0 aliphatic rings. The summed E-state index contributed by atoms with van der Waals surface area (Å²) in [5, 5.41) is 2.89. The molecule has 1 rings (SSSR count). The van der Waals surface area contributed by atoms with Gasteiger partial charge < -0.3 is 15.5 Å². The van der Waals surface area contributed by atoms with Crippen LogP contribution in [0.2, 0.25) is 0 Å². The molecule has 0 spiro atoms. The van der Waals surface area contributed by atoms with Crippen molar-refractivity contribution in [1.82, 2.24) is 4.98 Å². The van der Waals surface area contributed by atoms with Gasteiger partial charge in [-0.1, -0.05) is 6.07 Å². The number of ether oxygens (including phenoxy) is 1. The highest BCUT2D eigenvalue weighted by Crippen LogP contribution is 2.09. The Morgan fingerprint density at radius 3 is 2.80 bits per heavy atom. The van der Waals surface area contributed by atoms with E-state index in [4.69, 9.17) is 5.84 Å². The largest absolute Gasteiger partial charge is 0.467 e. The average Bonchev–Trinajstić information content (AvgIpc) is 2.28. The molecule has 6 nitrogen and oxygen atoms in total. The van der Waals surface area contributed by atoms with Crippen molar-refractivity contribution in [2.45, 2.75) is 13.0 Å². The third-order valence-electron chi connectivity index (χ3n) is 1.82. The molecule has 0 aromatic carbocycles. The van der Waals surface area contributed by atoms with Gasteiger partial charge in [-0.3, -0.25) is 0 Å². The number of carbonyl (C=O) groups is 1. The number of carbonyl (C=O) groups excluding carboxylic acids is 1. The maximum atomic E-state index is 11.1. The molecule has 1 aromatic heterocycles. The lowest BCUT2D eigenvalue weighted by Gasteiger charge is -2.12. The Kier molecular flexibility index (Phi) is 3.87. The number of hydrogen-bond donors (Lipinski definition) is 3. The molecule has 0 saturated heterocycles. The molecule has 1 atom stereocenters. The molecule has 6 heteroatoms. The summed E-state index contributed by atoms with van der Waals surface area (Å²) in [7, 11) is 1.34. The fraction of sp³-hybridized carbons (Fsp3) is 0.333. The van der Waals surface area contributed by atoms with Gasteiger partial charge in [-0.15, -0.1) is 0 Å². The van der Waals surface area contributed by atoms with Crippen LogP contribution in [0.1, 0.15) is 6.92 Å². The molecule has 0 radical (unpaired) electrons. The van der Waals surface area contributed by atoms with Gasteiger partial charge in [-0.05, 0) is 19.1 Å². The zero-order chi connectivity index (χ0) is 11.3. The van der Waals surface area contributed by atoms with E-state index in [0.717, 1.165) is 0 Å². The molecule has 0 fully saturated rings. The maximum Gasteiger partial charge on any atom is 0.328 e. The standard InChI is InChI=1S/C9H14N4O2/c1-6(9(14)15-2)11-7-4-3-5-8(12-7)13-10/h3-6H,10H2,1-2H3,(H2,11,12,13). The van der Waals surface area contributed by atoms with Gasteiger partial charge in [0.2, 0.25) is 0 Å². The summed E-state index contributed by atoms with van der Waals surface area (Å²) in [6.07, 6.45) is 0. The molecule has 1 heterocycles. The van der Waals surface area contributed by atoms with E-state index in [1.165, 1.54) is 7.11 Å². The summed E-state index contributed by atoms with van der Waals surface area (Å²) in [5.74, 6) is 5.94. The summed E-state index contributed by atoms with van der Waals surface area (Å²) in [5.41, 5.74) is 2.42. The van der Waals surface area contributed by atoms with Gasteiger partial charge in [-0.2, -0.15) is 0 Å². The Morgan fingerprint density at radius 2 is 2.20 bits per heavy atom. The van der Waals surface area contributed by atoms with Crippen LogP contribution in [-0.2, 0) is 9.53 Å². The lowest BCUT2D eigenvalue weighted by molar-refractivity contribution is -0.141. The molecule has 82 valence electrons. The van der Waals surface area contributed by atoms with E-state index in [-0.39, 0.29) is 5.97 Å². The van der Waals surface area contributed by atoms with Crippen LogP contribution in [0, 0.1) is 0 Å². The van der Waals surface area contributed by atoms with Crippen molar-refractivity contribution in [1.29, 1.82) is 0 Å². The minimum absolute atomic E-state index is 0.345. The van der Waals surface area contributed by atoms with E-state index in [1.807, 2.05) is 0 Å². The topological polar surface area (TPSA) is 89.3 Å². The minimum atomic E-state index is -0.449. The molecular weight excluding hydrogens is 196 g/mol. The fourth-order valence-electron chi connectivity index (χ4n) is 1.05. The van der Waals surface area contributed by atoms with Crippen molar-refractivity contribution < 1.29 is 9.53 Å². The average molecular weight is 210 g/mol. The number of anilines is 2. The van der Waals surface area contributed by atoms with Crippen LogP contribution in [-0.4, -0.2) is 24.1 Å². The minimum Gasteiger partial charge on any atom is -0.467 e. The Labute approximate surface area is 87.8 Å². The van der Waals surface area contributed by atoms with Crippen molar-refractivity contribution in [3.63, 3.8) is 0 Å². The number of nitrogen functional groups attached to an aromatic ring is 1. The van der Waals surface area contributed by atoms with E-state index in [1.54, 1.807) is 25.1 Å². The highest BCUT2D eigenvalue weighted by Gasteiger charge is 2.12. The molecular formula is C9H14N4O2. The molecule has 0 aliphatic carbocycles. The number of nitrogens with one attached hydrogen (secondary N) is 2. The highest BCUT2D eigenvalue weighted by molar-refractivity contribution is 5.78. The van der Waals surface area contributed by atoms with Crippen molar-refractivity contribution in [3.05, 3.63) is 18.2 Å². The van der Waals surface area contributed by atoms with Crippen molar-refractivity contribution in [3.8, 4) is 0 Å². The first-order chi connectivity index (χ1) is 7.17. The molecule has 15 heavy (non-hydrogen) atoms. The zero-order valence-corrected chi connectivity index (χ0v) is 8.65. The Bertz CT molecular complexity index is 343. The lowest BCUT2D eigenvalue weighted by Crippen LogP contribution is -2.27. The number of hydrazine groups is 1. The third-order valence-corrected chi connectivity index (χ3v) is 1.82. The van der Waals surface area contributed by atoms with Gasteiger partial charge in [0.05, 0.1) is 7.11 Å². The van der Waals surface area contributed by atoms with E-state index < -0.39 is 6.04 Å². The number of rotatable bonds is 4. The first-order valence-electron chi connectivity index (χ1n) is 4.45. The van der Waals surface area contributed by atoms with Crippen molar-refractivity contribution >= 4 is 17.6 Å².